The van der Waals surface area contributed by atoms with Crippen LogP contribution in [-0.2, 0) is 9.53 Å². The molecule has 0 radical (unpaired) electrons. The first-order valence-corrected chi connectivity index (χ1v) is 9.30. The Labute approximate surface area is 167 Å². The average molecular weight is 398 g/mol. The standard InChI is InChI=1S/C21H22N2O6/c24-19(22-10-12-28-17-8-6-14(7-9-17)21(26)27)15-3-1-4-16(13-15)23-20(25)18-5-2-11-29-18/h1,3-4,6-9,13,18H,2,5,10-12H2,(H,22,24)(H,23,25)(H,26,27)/t18-/m1/s1. The van der Waals surface area contributed by atoms with Crippen LogP contribution in [0.2, 0.25) is 0 Å². The predicted molar refractivity (Wildman–Crippen MR) is 105 cm³/mol. The van der Waals surface area contributed by atoms with Crippen molar-refractivity contribution >= 4 is 23.5 Å². The number of anilines is 1. The molecular formula is C21H22N2O6. The van der Waals surface area contributed by atoms with Crippen molar-refractivity contribution in [3.63, 3.8) is 0 Å². The summed E-state index contributed by atoms with van der Waals surface area (Å²) in [5.74, 6) is -0.980. The molecule has 3 rings (SSSR count). The summed E-state index contributed by atoms with van der Waals surface area (Å²) in [6.07, 6.45) is 1.13. The summed E-state index contributed by atoms with van der Waals surface area (Å²) in [6.45, 7) is 1.09. The monoisotopic (exact) mass is 398 g/mol. The Kier molecular flexibility index (Phi) is 6.80. The van der Waals surface area contributed by atoms with Gasteiger partial charge in [-0.25, -0.2) is 4.79 Å². The maximum Gasteiger partial charge on any atom is 0.335 e. The van der Waals surface area contributed by atoms with Crippen molar-refractivity contribution in [1.82, 2.24) is 5.32 Å². The maximum atomic E-state index is 12.3. The van der Waals surface area contributed by atoms with Gasteiger partial charge in [0.25, 0.3) is 11.8 Å². The topological polar surface area (TPSA) is 114 Å². The minimum Gasteiger partial charge on any atom is -0.492 e. The van der Waals surface area contributed by atoms with Crippen LogP contribution in [0.1, 0.15) is 33.6 Å². The lowest BCUT2D eigenvalue weighted by Gasteiger charge is -2.12. The van der Waals surface area contributed by atoms with Gasteiger partial charge in [0.1, 0.15) is 18.5 Å². The highest BCUT2D eigenvalue weighted by Crippen LogP contribution is 2.16. The number of aromatic carboxylic acids is 1. The summed E-state index contributed by atoms with van der Waals surface area (Å²) < 4.78 is 10.8. The van der Waals surface area contributed by atoms with Crippen LogP contribution in [0.25, 0.3) is 0 Å². The number of carbonyl (C=O) groups excluding carboxylic acids is 2. The predicted octanol–water partition coefficient (Wildman–Crippen LogP) is 2.31. The Morgan fingerprint density at radius 2 is 1.90 bits per heavy atom. The molecule has 1 saturated heterocycles. The molecule has 152 valence electrons. The number of carboxylic acids is 1. The normalized spacial score (nSPS) is 15.5. The maximum absolute atomic E-state index is 12.3. The molecular weight excluding hydrogens is 376 g/mol. The largest absolute Gasteiger partial charge is 0.492 e. The summed E-state index contributed by atoms with van der Waals surface area (Å²) in [5, 5.41) is 14.4. The molecule has 1 fully saturated rings. The van der Waals surface area contributed by atoms with Crippen molar-refractivity contribution in [1.29, 1.82) is 0 Å². The number of rotatable bonds is 8. The zero-order chi connectivity index (χ0) is 20.6. The van der Waals surface area contributed by atoms with Gasteiger partial charge < -0.3 is 25.2 Å². The summed E-state index contributed by atoms with van der Waals surface area (Å²) in [4.78, 5) is 35.2. The van der Waals surface area contributed by atoms with Crippen LogP contribution < -0.4 is 15.4 Å². The molecule has 0 bridgehead atoms. The Morgan fingerprint density at radius 1 is 1.10 bits per heavy atom. The lowest BCUT2D eigenvalue weighted by atomic mass is 10.1. The average Bonchev–Trinajstić information content (AvgIpc) is 3.27. The third-order valence-corrected chi connectivity index (χ3v) is 4.37. The fraction of sp³-hybridized carbons (Fsp3) is 0.286. The lowest BCUT2D eigenvalue weighted by Crippen LogP contribution is -2.29. The van der Waals surface area contributed by atoms with Gasteiger partial charge in [0, 0.05) is 17.9 Å². The van der Waals surface area contributed by atoms with E-state index in [0.29, 0.717) is 30.0 Å². The van der Waals surface area contributed by atoms with Crippen molar-refractivity contribution in [2.45, 2.75) is 18.9 Å². The molecule has 8 nitrogen and oxygen atoms in total. The fourth-order valence-electron chi connectivity index (χ4n) is 2.87. The first-order valence-electron chi connectivity index (χ1n) is 9.30. The summed E-state index contributed by atoms with van der Waals surface area (Å²) in [5.41, 5.74) is 1.13. The zero-order valence-corrected chi connectivity index (χ0v) is 15.7. The SMILES string of the molecule is O=C(O)c1ccc(OCCNC(=O)c2cccc(NC(=O)[C@H]3CCCO3)c2)cc1. The molecule has 8 heteroatoms. The van der Waals surface area contributed by atoms with E-state index in [0.717, 1.165) is 6.42 Å². The Bertz CT molecular complexity index is 875. The van der Waals surface area contributed by atoms with E-state index in [4.69, 9.17) is 14.6 Å². The van der Waals surface area contributed by atoms with Gasteiger partial charge >= 0.3 is 5.97 Å². The molecule has 1 atom stereocenters. The number of carbonyl (C=O) groups is 3. The Morgan fingerprint density at radius 3 is 2.59 bits per heavy atom. The zero-order valence-electron chi connectivity index (χ0n) is 15.7. The van der Waals surface area contributed by atoms with Gasteiger partial charge in [-0.15, -0.1) is 0 Å². The number of ether oxygens (including phenoxy) is 2. The molecule has 0 spiro atoms. The number of benzene rings is 2. The smallest absolute Gasteiger partial charge is 0.335 e. The van der Waals surface area contributed by atoms with Gasteiger partial charge in [0.15, 0.2) is 0 Å². The van der Waals surface area contributed by atoms with E-state index in [-0.39, 0.29) is 30.5 Å². The van der Waals surface area contributed by atoms with Crippen LogP contribution in [-0.4, -0.2) is 48.8 Å². The first-order chi connectivity index (χ1) is 14.0. The minimum absolute atomic E-state index is 0.178. The van der Waals surface area contributed by atoms with Crippen LogP contribution in [0.15, 0.2) is 48.5 Å². The van der Waals surface area contributed by atoms with E-state index in [2.05, 4.69) is 10.6 Å². The second-order valence-electron chi connectivity index (χ2n) is 6.51. The fourth-order valence-corrected chi connectivity index (χ4v) is 2.87. The summed E-state index contributed by atoms with van der Waals surface area (Å²) in [6, 6.07) is 12.7. The molecule has 1 aliphatic rings. The Hall–Kier alpha value is -3.39. The number of carboxylic acid groups (broad SMARTS) is 1. The van der Waals surface area contributed by atoms with E-state index in [1.807, 2.05) is 0 Å². The first kappa shape index (κ1) is 20.3. The molecule has 29 heavy (non-hydrogen) atoms. The molecule has 0 aliphatic carbocycles. The van der Waals surface area contributed by atoms with Gasteiger partial charge in [-0.05, 0) is 55.3 Å². The number of hydrogen-bond donors (Lipinski definition) is 3. The highest BCUT2D eigenvalue weighted by molar-refractivity contribution is 5.98. The molecule has 0 aromatic heterocycles. The molecule has 0 unspecified atom stereocenters. The van der Waals surface area contributed by atoms with Crippen molar-refractivity contribution in [3.05, 3.63) is 59.7 Å². The van der Waals surface area contributed by atoms with Crippen LogP contribution in [0.3, 0.4) is 0 Å². The van der Waals surface area contributed by atoms with Gasteiger partial charge in [0.05, 0.1) is 12.1 Å². The molecule has 0 saturated carbocycles. The van der Waals surface area contributed by atoms with Gasteiger partial charge in [0.2, 0.25) is 0 Å². The van der Waals surface area contributed by atoms with E-state index in [1.165, 1.54) is 12.1 Å². The van der Waals surface area contributed by atoms with Crippen LogP contribution in [0, 0.1) is 0 Å². The van der Waals surface area contributed by atoms with E-state index >= 15 is 0 Å². The van der Waals surface area contributed by atoms with Gasteiger partial charge in [-0.1, -0.05) is 6.07 Å². The van der Waals surface area contributed by atoms with Crippen LogP contribution >= 0.6 is 0 Å². The lowest BCUT2D eigenvalue weighted by molar-refractivity contribution is -0.124. The molecule has 2 amide bonds. The van der Waals surface area contributed by atoms with Crippen molar-refractivity contribution in [2.75, 3.05) is 25.1 Å². The second-order valence-corrected chi connectivity index (χ2v) is 6.51. The van der Waals surface area contributed by atoms with Gasteiger partial charge in [-0.2, -0.15) is 0 Å². The Balaban J connectivity index is 1.45. The molecule has 2 aromatic carbocycles. The van der Waals surface area contributed by atoms with Crippen LogP contribution in [0.5, 0.6) is 5.75 Å². The third-order valence-electron chi connectivity index (χ3n) is 4.37. The van der Waals surface area contributed by atoms with Crippen molar-refractivity contribution < 1.29 is 29.0 Å². The number of amides is 2. The van der Waals surface area contributed by atoms with E-state index < -0.39 is 12.1 Å². The quantitative estimate of drug-likeness (QED) is 0.588. The number of hydrogen-bond acceptors (Lipinski definition) is 5. The molecule has 1 heterocycles. The van der Waals surface area contributed by atoms with Crippen molar-refractivity contribution in [3.8, 4) is 5.75 Å². The van der Waals surface area contributed by atoms with E-state index in [1.54, 1.807) is 36.4 Å². The summed E-state index contributed by atoms with van der Waals surface area (Å²) >= 11 is 0. The highest BCUT2D eigenvalue weighted by Gasteiger charge is 2.23. The molecule has 2 aromatic rings. The molecule has 3 N–H and O–H groups in total. The molecule has 1 aliphatic heterocycles. The van der Waals surface area contributed by atoms with Crippen molar-refractivity contribution in [2.24, 2.45) is 0 Å². The third kappa shape index (κ3) is 5.79. The van der Waals surface area contributed by atoms with Gasteiger partial charge in [-0.3, -0.25) is 9.59 Å². The second kappa shape index (κ2) is 9.70. The van der Waals surface area contributed by atoms with Crippen LogP contribution in [0.4, 0.5) is 5.69 Å². The minimum atomic E-state index is -1.00. The highest BCUT2D eigenvalue weighted by atomic mass is 16.5. The summed E-state index contributed by atoms with van der Waals surface area (Å²) in [7, 11) is 0. The number of nitrogens with one attached hydrogen (secondary N) is 2. The van der Waals surface area contributed by atoms with E-state index in [9.17, 15) is 14.4 Å².